The van der Waals surface area contributed by atoms with Crippen LogP contribution >= 0.6 is 24.2 Å². The van der Waals surface area contributed by atoms with E-state index < -0.39 is 5.97 Å². The van der Waals surface area contributed by atoms with Crippen molar-refractivity contribution < 1.29 is 14.3 Å². The average Bonchev–Trinajstić information content (AvgIpc) is 2.46. The van der Waals surface area contributed by atoms with Crippen LogP contribution in [0.5, 0.6) is 0 Å². The van der Waals surface area contributed by atoms with Gasteiger partial charge in [0.1, 0.15) is 0 Å². The predicted molar refractivity (Wildman–Crippen MR) is 80.9 cm³/mol. The van der Waals surface area contributed by atoms with Gasteiger partial charge in [-0.3, -0.25) is 4.79 Å². The molecule has 102 valence electrons. The summed E-state index contributed by atoms with van der Waals surface area (Å²) in [5, 5.41) is 0.376. The first kappa shape index (κ1) is 14.6. The number of esters is 1. The summed E-state index contributed by atoms with van der Waals surface area (Å²) >= 11 is 10.6. The number of methoxy groups -OCH3 is 1. The topological polar surface area (TPSA) is 43.4 Å². The maximum atomic E-state index is 11.9. The summed E-state index contributed by atoms with van der Waals surface area (Å²) in [5.41, 5.74) is 1.69. The van der Waals surface area contributed by atoms with Gasteiger partial charge in [-0.2, -0.15) is 0 Å². The molecule has 0 aliphatic carbocycles. The Morgan fingerprint density at radius 3 is 2.55 bits per heavy atom. The van der Waals surface area contributed by atoms with Gasteiger partial charge in [-0.05, 0) is 18.2 Å². The van der Waals surface area contributed by atoms with Crippen LogP contribution in [0.4, 0.5) is 0 Å². The molecule has 0 N–H and O–H groups in total. The zero-order valence-corrected chi connectivity index (χ0v) is 12.2. The van der Waals surface area contributed by atoms with Crippen LogP contribution in [0.3, 0.4) is 0 Å². The molecule has 3 nitrogen and oxygen atoms in total. The number of aldehydes is 1. The Bertz CT molecular complexity index is 683. The molecule has 0 amide bonds. The second-order valence-corrected chi connectivity index (χ2v) is 4.90. The average molecular weight is 307 g/mol. The molecule has 2 aromatic rings. The lowest BCUT2D eigenvalue weighted by molar-refractivity contribution is 0.0601. The van der Waals surface area contributed by atoms with Crippen molar-refractivity contribution in [1.82, 2.24) is 0 Å². The van der Waals surface area contributed by atoms with Gasteiger partial charge in [0.05, 0.1) is 12.7 Å². The molecule has 0 aromatic heterocycles. The van der Waals surface area contributed by atoms with Crippen LogP contribution < -0.4 is 0 Å². The molecule has 0 aliphatic rings. The van der Waals surface area contributed by atoms with E-state index in [0.717, 1.165) is 0 Å². The smallest absolute Gasteiger partial charge is 0.338 e. The Morgan fingerprint density at radius 1 is 1.20 bits per heavy atom. The van der Waals surface area contributed by atoms with E-state index in [1.54, 1.807) is 36.4 Å². The summed E-state index contributed by atoms with van der Waals surface area (Å²) < 4.78 is 4.76. The molecule has 0 bridgehead atoms. The minimum Gasteiger partial charge on any atom is -0.465 e. The Hall–Kier alpha value is -1.78. The fourth-order valence-corrected chi connectivity index (χ4v) is 2.58. The van der Waals surface area contributed by atoms with Crippen molar-refractivity contribution in [3.63, 3.8) is 0 Å². The highest BCUT2D eigenvalue weighted by molar-refractivity contribution is 7.80. The van der Waals surface area contributed by atoms with Crippen LogP contribution in [0, 0.1) is 0 Å². The second kappa shape index (κ2) is 6.11. The van der Waals surface area contributed by atoms with E-state index in [0.29, 0.717) is 38.5 Å². The molecule has 0 spiro atoms. The largest absolute Gasteiger partial charge is 0.465 e. The van der Waals surface area contributed by atoms with Gasteiger partial charge in [0.15, 0.2) is 6.29 Å². The SMILES string of the molecule is COC(=O)c1cccc(S)c1-c1c(Cl)cccc1C=O. The first-order chi connectivity index (χ1) is 9.60. The number of carbonyl (C=O) groups is 2. The molecule has 20 heavy (non-hydrogen) atoms. The highest BCUT2D eigenvalue weighted by Crippen LogP contribution is 2.37. The van der Waals surface area contributed by atoms with Gasteiger partial charge in [-0.1, -0.05) is 29.8 Å². The lowest BCUT2D eigenvalue weighted by Crippen LogP contribution is -2.05. The van der Waals surface area contributed by atoms with Gasteiger partial charge >= 0.3 is 5.97 Å². The monoisotopic (exact) mass is 306 g/mol. The maximum Gasteiger partial charge on any atom is 0.338 e. The molecule has 0 saturated heterocycles. The van der Waals surface area contributed by atoms with Crippen LogP contribution in [0.25, 0.3) is 11.1 Å². The summed E-state index contributed by atoms with van der Waals surface area (Å²) in [5.74, 6) is -0.507. The van der Waals surface area contributed by atoms with Crippen molar-refractivity contribution >= 4 is 36.5 Å². The van der Waals surface area contributed by atoms with E-state index in [4.69, 9.17) is 16.3 Å². The third-order valence-electron chi connectivity index (χ3n) is 2.87. The summed E-state index contributed by atoms with van der Waals surface area (Å²) in [6.45, 7) is 0. The van der Waals surface area contributed by atoms with Crippen LogP contribution in [-0.4, -0.2) is 19.4 Å². The summed E-state index contributed by atoms with van der Waals surface area (Å²) in [7, 11) is 1.30. The molecule has 2 rings (SSSR count). The van der Waals surface area contributed by atoms with Crippen LogP contribution in [0.15, 0.2) is 41.3 Å². The Balaban J connectivity index is 2.82. The third kappa shape index (κ3) is 2.57. The van der Waals surface area contributed by atoms with Crippen molar-refractivity contribution in [1.29, 1.82) is 0 Å². The van der Waals surface area contributed by atoms with E-state index in [9.17, 15) is 9.59 Å². The highest BCUT2D eigenvalue weighted by atomic mass is 35.5. The van der Waals surface area contributed by atoms with Crippen molar-refractivity contribution in [3.05, 3.63) is 52.5 Å². The van der Waals surface area contributed by atoms with Crippen molar-refractivity contribution in [2.24, 2.45) is 0 Å². The summed E-state index contributed by atoms with van der Waals surface area (Å²) in [6.07, 6.45) is 0.697. The van der Waals surface area contributed by atoms with Gasteiger partial charge in [-0.25, -0.2) is 4.79 Å². The molecule has 5 heteroatoms. The minimum atomic E-state index is -0.507. The van der Waals surface area contributed by atoms with E-state index in [1.165, 1.54) is 7.11 Å². The first-order valence-corrected chi connectivity index (χ1v) is 6.57. The normalized spacial score (nSPS) is 10.2. The van der Waals surface area contributed by atoms with E-state index in [2.05, 4.69) is 12.6 Å². The van der Waals surface area contributed by atoms with E-state index in [-0.39, 0.29) is 0 Å². The summed E-state index contributed by atoms with van der Waals surface area (Å²) in [6, 6.07) is 9.99. The number of benzene rings is 2. The fourth-order valence-electron chi connectivity index (χ4n) is 1.99. The molecular weight excluding hydrogens is 296 g/mol. The first-order valence-electron chi connectivity index (χ1n) is 5.74. The number of thiol groups is 1. The number of carbonyl (C=O) groups excluding carboxylic acids is 2. The Kier molecular flexibility index (Phi) is 4.47. The number of rotatable bonds is 3. The molecule has 0 radical (unpaired) electrons. The van der Waals surface area contributed by atoms with Gasteiger partial charge in [0, 0.05) is 26.6 Å². The lowest BCUT2D eigenvalue weighted by Gasteiger charge is -2.14. The number of hydrogen-bond acceptors (Lipinski definition) is 4. The van der Waals surface area contributed by atoms with Gasteiger partial charge in [-0.15, -0.1) is 12.6 Å². The molecule has 0 saturated carbocycles. The molecular formula is C15H11ClO3S. The minimum absolute atomic E-state index is 0.316. The zero-order valence-electron chi connectivity index (χ0n) is 10.6. The van der Waals surface area contributed by atoms with Gasteiger partial charge < -0.3 is 4.74 Å². The van der Waals surface area contributed by atoms with Gasteiger partial charge in [0.2, 0.25) is 0 Å². The molecule has 0 atom stereocenters. The number of ether oxygens (including phenoxy) is 1. The second-order valence-electron chi connectivity index (χ2n) is 4.01. The molecule has 0 fully saturated rings. The summed E-state index contributed by atoms with van der Waals surface area (Å²) in [4.78, 5) is 23.6. The van der Waals surface area contributed by atoms with Crippen molar-refractivity contribution in [2.45, 2.75) is 4.90 Å². The van der Waals surface area contributed by atoms with Crippen molar-refractivity contribution in [3.8, 4) is 11.1 Å². The van der Waals surface area contributed by atoms with Gasteiger partial charge in [0.25, 0.3) is 0 Å². The standard InChI is InChI=1S/C15H11ClO3S/c1-19-15(18)10-5-3-7-12(20)14(10)13-9(8-17)4-2-6-11(13)16/h2-8,20H,1H3. The van der Waals surface area contributed by atoms with E-state index in [1.807, 2.05) is 0 Å². The van der Waals surface area contributed by atoms with Crippen molar-refractivity contribution in [2.75, 3.05) is 7.11 Å². The Labute approximate surface area is 126 Å². The fraction of sp³-hybridized carbons (Fsp3) is 0.0667. The maximum absolute atomic E-state index is 11.9. The number of hydrogen-bond donors (Lipinski definition) is 1. The Morgan fingerprint density at radius 2 is 1.90 bits per heavy atom. The molecule has 0 heterocycles. The highest BCUT2D eigenvalue weighted by Gasteiger charge is 2.20. The zero-order chi connectivity index (χ0) is 14.7. The van der Waals surface area contributed by atoms with E-state index >= 15 is 0 Å². The quantitative estimate of drug-likeness (QED) is 0.531. The van der Waals surface area contributed by atoms with Crippen LogP contribution in [-0.2, 0) is 4.74 Å². The molecule has 0 aliphatic heterocycles. The third-order valence-corrected chi connectivity index (χ3v) is 3.56. The number of halogens is 1. The predicted octanol–water partition coefficient (Wildman–Crippen LogP) is 3.89. The molecule has 0 unspecified atom stereocenters. The van der Waals surface area contributed by atoms with Crippen LogP contribution in [0.1, 0.15) is 20.7 Å². The van der Waals surface area contributed by atoms with Crippen LogP contribution in [0.2, 0.25) is 5.02 Å². The molecule has 2 aromatic carbocycles. The lowest BCUT2D eigenvalue weighted by atomic mass is 9.95.